The number of ether oxygens (including phenoxy) is 2. The van der Waals surface area contributed by atoms with Crippen molar-refractivity contribution < 1.29 is 22.7 Å². The zero-order chi connectivity index (χ0) is 22.1. The fourth-order valence-electron chi connectivity index (χ4n) is 4.42. The number of amides is 1. The lowest BCUT2D eigenvalue weighted by Gasteiger charge is -2.31. The molecule has 1 saturated carbocycles. The summed E-state index contributed by atoms with van der Waals surface area (Å²) in [6.07, 6.45) is 5.29. The van der Waals surface area contributed by atoms with Gasteiger partial charge in [0, 0.05) is 17.5 Å². The van der Waals surface area contributed by atoms with E-state index in [1.807, 2.05) is 12.1 Å². The van der Waals surface area contributed by atoms with Crippen LogP contribution in [-0.4, -0.2) is 40.3 Å². The van der Waals surface area contributed by atoms with Crippen LogP contribution >= 0.6 is 0 Å². The molecule has 8 heteroatoms. The van der Waals surface area contributed by atoms with E-state index in [1.165, 1.54) is 0 Å². The number of fused-ring (bicyclic) bond motifs is 1. The standard InChI is InChI=1S/C23H28N2O5S/c1-16-5-6-17(13-19(16)25-31(2,27)28)22(26)24-15-23(9-3-4-10-23)18-7-8-20-21(14-18)30-12-11-29-20/h5-8,13-14,25H,3-4,9-12,15H2,1-2H3,(H,24,26). The van der Waals surface area contributed by atoms with Crippen LogP contribution in [0.1, 0.15) is 47.2 Å². The quantitative estimate of drug-likeness (QED) is 0.712. The normalized spacial score (nSPS) is 17.2. The molecule has 1 aliphatic carbocycles. The average molecular weight is 445 g/mol. The van der Waals surface area contributed by atoms with Crippen molar-refractivity contribution in [3.8, 4) is 11.5 Å². The van der Waals surface area contributed by atoms with E-state index in [4.69, 9.17) is 9.47 Å². The van der Waals surface area contributed by atoms with Crippen molar-refractivity contribution in [2.24, 2.45) is 0 Å². The predicted molar refractivity (Wildman–Crippen MR) is 120 cm³/mol. The third kappa shape index (κ3) is 4.79. The number of hydrogen-bond donors (Lipinski definition) is 2. The third-order valence-electron chi connectivity index (χ3n) is 6.10. The number of hydrogen-bond acceptors (Lipinski definition) is 5. The molecule has 166 valence electrons. The minimum absolute atomic E-state index is 0.149. The van der Waals surface area contributed by atoms with Gasteiger partial charge in [0.05, 0.1) is 11.9 Å². The lowest BCUT2D eigenvalue weighted by atomic mass is 9.78. The zero-order valence-electron chi connectivity index (χ0n) is 17.9. The first kappa shape index (κ1) is 21.5. The summed E-state index contributed by atoms with van der Waals surface area (Å²) in [6, 6.07) is 11.1. The highest BCUT2D eigenvalue weighted by Crippen LogP contribution is 2.43. The highest BCUT2D eigenvalue weighted by molar-refractivity contribution is 7.92. The van der Waals surface area contributed by atoms with Gasteiger partial charge >= 0.3 is 0 Å². The second kappa shape index (κ2) is 8.42. The van der Waals surface area contributed by atoms with Crippen LogP contribution in [0.5, 0.6) is 11.5 Å². The van der Waals surface area contributed by atoms with E-state index in [9.17, 15) is 13.2 Å². The molecule has 2 aromatic rings. The van der Waals surface area contributed by atoms with E-state index in [-0.39, 0.29) is 11.3 Å². The summed E-state index contributed by atoms with van der Waals surface area (Å²) in [5.41, 5.74) is 2.59. The Labute approximate surface area is 183 Å². The summed E-state index contributed by atoms with van der Waals surface area (Å²) < 4.78 is 37.1. The second-order valence-corrected chi connectivity index (χ2v) is 10.2. The Balaban J connectivity index is 1.53. The molecule has 1 amide bonds. The maximum atomic E-state index is 12.9. The van der Waals surface area contributed by atoms with Gasteiger partial charge in [-0.2, -0.15) is 0 Å². The van der Waals surface area contributed by atoms with Gasteiger partial charge in [0.1, 0.15) is 13.2 Å². The van der Waals surface area contributed by atoms with Gasteiger partial charge in [-0.3, -0.25) is 9.52 Å². The fourth-order valence-corrected chi connectivity index (χ4v) is 5.04. The minimum atomic E-state index is -3.42. The number of rotatable bonds is 6. The molecule has 2 N–H and O–H groups in total. The Hall–Kier alpha value is -2.74. The largest absolute Gasteiger partial charge is 0.486 e. The number of sulfonamides is 1. The molecule has 0 bridgehead atoms. The highest BCUT2D eigenvalue weighted by atomic mass is 32.2. The van der Waals surface area contributed by atoms with E-state index >= 15 is 0 Å². The molecule has 1 aliphatic heterocycles. The Bertz CT molecular complexity index is 1090. The summed E-state index contributed by atoms with van der Waals surface area (Å²) >= 11 is 0. The van der Waals surface area contributed by atoms with Crippen molar-refractivity contribution in [1.29, 1.82) is 0 Å². The summed E-state index contributed by atoms with van der Waals surface area (Å²) in [4.78, 5) is 12.9. The molecule has 4 rings (SSSR count). The Morgan fingerprint density at radius 1 is 1.03 bits per heavy atom. The van der Waals surface area contributed by atoms with E-state index in [0.717, 1.165) is 54.6 Å². The molecule has 2 aromatic carbocycles. The van der Waals surface area contributed by atoms with E-state index in [0.29, 0.717) is 31.0 Å². The molecule has 0 spiro atoms. The summed E-state index contributed by atoms with van der Waals surface area (Å²) in [7, 11) is -3.42. The Morgan fingerprint density at radius 2 is 1.74 bits per heavy atom. The minimum Gasteiger partial charge on any atom is -0.486 e. The van der Waals surface area contributed by atoms with Crippen LogP contribution in [0.2, 0.25) is 0 Å². The number of anilines is 1. The molecule has 1 heterocycles. The topological polar surface area (TPSA) is 93.7 Å². The molecule has 0 radical (unpaired) electrons. The molecular weight excluding hydrogens is 416 g/mol. The summed E-state index contributed by atoms with van der Waals surface area (Å²) in [6.45, 7) is 3.40. The molecule has 0 unspecified atom stereocenters. The molecule has 31 heavy (non-hydrogen) atoms. The van der Waals surface area contributed by atoms with Crippen molar-refractivity contribution in [3.05, 3.63) is 53.1 Å². The van der Waals surface area contributed by atoms with Gasteiger partial charge < -0.3 is 14.8 Å². The monoisotopic (exact) mass is 444 g/mol. The number of nitrogens with one attached hydrogen (secondary N) is 2. The van der Waals surface area contributed by atoms with E-state index < -0.39 is 10.0 Å². The first-order chi connectivity index (χ1) is 14.8. The lowest BCUT2D eigenvalue weighted by Crippen LogP contribution is -2.39. The Morgan fingerprint density at radius 3 is 2.45 bits per heavy atom. The number of benzene rings is 2. The van der Waals surface area contributed by atoms with Crippen LogP contribution in [0, 0.1) is 6.92 Å². The van der Waals surface area contributed by atoms with Crippen LogP contribution in [0.15, 0.2) is 36.4 Å². The average Bonchev–Trinajstić information content (AvgIpc) is 3.22. The van der Waals surface area contributed by atoms with Crippen LogP contribution < -0.4 is 19.5 Å². The second-order valence-electron chi connectivity index (χ2n) is 8.43. The molecule has 2 aliphatic rings. The van der Waals surface area contributed by atoms with Crippen LogP contribution in [0.3, 0.4) is 0 Å². The lowest BCUT2D eigenvalue weighted by molar-refractivity contribution is 0.0943. The smallest absolute Gasteiger partial charge is 0.251 e. The van der Waals surface area contributed by atoms with Crippen LogP contribution in [0.4, 0.5) is 5.69 Å². The molecule has 1 fully saturated rings. The van der Waals surface area contributed by atoms with Crippen molar-refractivity contribution in [3.63, 3.8) is 0 Å². The first-order valence-corrected chi connectivity index (χ1v) is 12.4. The van der Waals surface area contributed by atoms with Crippen LogP contribution in [-0.2, 0) is 15.4 Å². The Kier molecular flexibility index (Phi) is 5.83. The van der Waals surface area contributed by atoms with Crippen molar-refractivity contribution >= 4 is 21.6 Å². The van der Waals surface area contributed by atoms with E-state index in [1.54, 1.807) is 25.1 Å². The zero-order valence-corrected chi connectivity index (χ0v) is 18.7. The molecular formula is C23H28N2O5S. The summed E-state index contributed by atoms with van der Waals surface area (Å²) in [5.74, 6) is 1.30. The van der Waals surface area contributed by atoms with Gasteiger partial charge in [-0.05, 0) is 55.2 Å². The SMILES string of the molecule is Cc1ccc(C(=O)NCC2(c3ccc4c(c3)OCCO4)CCCC2)cc1NS(C)(=O)=O. The van der Waals surface area contributed by atoms with E-state index in [2.05, 4.69) is 16.1 Å². The van der Waals surface area contributed by atoms with Crippen LogP contribution in [0.25, 0.3) is 0 Å². The van der Waals surface area contributed by atoms with Gasteiger partial charge in [0.2, 0.25) is 10.0 Å². The fraction of sp³-hybridized carbons (Fsp3) is 0.435. The molecule has 0 atom stereocenters. The number of carbonyl (C=O) groups excluding carboxylic acids is 1. The first-order valence-electron chi connectivity index (χ1n) is 10.5. The van der Waals surface area contributed by atoms with Gasteiger partial charge in [0.15, 0.2) is 11.5 Å². The van der Waals surface area contributed by atoms with Gasteiger partial charge in [0.25, 0.3) is 5.91 Å². The molecule has 7 nitrogen and oxygen atoms in total. The van der Waals surface area contributed by atoms with Crippen molar-refractivity contribution in [2.45, 2.75) is 38.0 Å². The highest BCUT2D eigenvalue weighted by Gasteiger charge is 2.37. The predicted octanol–water partition coefficient (Wildman–Crippen LogP) is 3.38. The molecule has 0 aromatic heterocycles. The summed E-state index contributed by atoms with van der Waals surface area (Å²) in [5, 5.41) is 3.08. The number of carbonyl (C=O) groups is 1. The van der Waals surface area contributed by atoms with Gasteiger partial charge in [-0.25, -0.2) is 8.42 Å². The van der Waals surface area contributed by atoms with Gasteiger partial charge in [-0.1, -0.05) is 25.0 Å². The van der Waals surface area contributed by atoms with Gasteiger partial charge in [-0.15, -0.1) is 0 Å². The van der Waals surface area contributed by atoms with Crippen molar-refractivity contribution in [1.82, 2.24) is 5.32 Å². The molecule has 0 saturated heterocycles. The number of aryl methyl sites for hydroxylation is 1. The third-order valence-corrected chi connectivity index (χ3v) is 6.69. The maximum Gasteiger partial charge on any atom is 0.251 e. The maximum absolute atomic E-state index is 12.9. The van der Waals surface area contributed by atoms with Crippen molar-refractivity contribution in [2.75, 3.05) is 30.7 Å².